The van der Waals surface area contributed by atoms with Crippen LogP contribution in [0.1, 0.15) is 16.8 Å². The molecular weight excluding hydrogens is 290 g/mol. The minimum absolute atomic E-state index is 0.749. The summed E-state index contributed by atoms with van der Waals surface area (Å²) >= 11 is 8.01. The summed E-state index contributed by atoms with van der Waals surface area (Å²) in [5.74, 6) is 2.25. The molecule has 0 spiro atoms. The van der Waals surface area contributed by atoms with Crippen molar-refractivity contribution in [2.45, 2.75) is 19.8 Å². The standard InChI is InChI=1S/C15H18ClN3S/c1-10-3-4-11(16)9-14(10)19-15-12(5-7-17-15)13(18-19)6-8-20-2/h3-4,9,17H,5-8H2,1-2H3. The van der Waals surface area contributed by atoms with Crippen molar-refractivity contribution in [3.05, 3.63) is 40.0 Å². The molecule has 5 heteroatoms. The lowest BCUT2D eigenvalue weighted by Crippen LogP contribution is -2.06. The molecule has 0 saturated carbocycles. The Balaban J connectivity index is 2.07. The van der Waals surface area contributed by atoms with Gasteiger partial charge >= 0.3 is 0 Å². The van der Waals surface area contributed by atoms with Gasteiger partial charge in [0.15, 0.2) is 0 Å². The molecule has 20 heavy (non-hydrogen) atoms. The van der Waals surface area contributed by atoms with Gasteiger partial charge in [0.25, 0.3) is 0 Å². The van der Waals surface area contributed by atoms with E-state index in [1.807, 2.05) is 34.6 Å². The van der Waals surface area contributed by atoms with Gasteiger partial charge in [-0.2, -0.15) is 16.9 Å². The van der Waals surface area contributed by atoms with Gasteiger partial charge in [-0.1, -0.05) is 17.7 Å². The lowest BCUT2D eigenvalue weighted by molar-refractivity contribution is 0.830. The van der Waals surface area contributed by atoms with Gasteiger partial charge in [0.05, 0.1) is 11.4 Å². The molecule has 1 aliphatic heterocycles. The van der Waals surface area contributed by atoms with Crippen LogP contribution in [0.15, 0.2) is 18.2 Å². The molecule has 0 bridgehead atoms. The highest BCUT2D eigenvalue weighted by Crippen LogP contribution is 2.31. The van der Waals surface area contributed by atoms with Crippen LogP contribution in [0.4, 0.5) is 5.82 Å². The second kappa shape index (κ2) is 5.70. The number of aryl methyl sites for hydroxylation is 2. The van der Waals surface area contributed by atoms with E-state index in [2.05, 4.69) is 18.5 Å². The maximum Gasteiger partial charge on any atom is 0.133 e. The topological polar surface area (TPSA) is 29.9 Å². The highest BCUT2D eigenvalue weighted by Gasteiger charge is 2.23. The third-order valence-corrected chi connectivity index (χ3v) is 4.52. The summed E-state index contributed by atoms with van der Waals surface area (Å²) in [7, 11) is 0. The molecule has 2 heterocycles. The fraction of sp³-hybridized carbons (Fsp3) is 0.400. The molecular formula is C15H18ClN3S. The largest absolute Gasteiger partial charge is 0.369 e. The number of halogens is 1. The number of hydrogen-bond donors (Lipinski definition) is 1. The number of nitrogens with zero attached hydrogens (tertiary/aromatic N) is 2. The van der Waals surface area contributed by atoms with E-state index in [0.717, 1.165) is 41.7 Å². The van der Waals surface area contributed by atoms with E-state index in [-0.39, 0.29) is 0 Å². The van der Waals surface area contributed by atoms with Crippen molar-refractivity contribution in [2.75, 3.05) is 23.9 Å². The first-order valence-corrected chi connectivity index (χ1v) is 8.58. The Labute approximate surface area is 128 Å². The fourth-order valence-corrected chi connectivity index (χ4v) is 3.19. The SMILES string of the molecule is CSCCc1nn(-c2cc(Cl)ccc2C)c2c1CCN2. The van der Waals surface area contributed by atoms with E-state index in [4.69, 9.17) is 16.7 Å². The average Bonchev–Trinajstić information content (AvgIpc) is 3.02. The molecule has 0 radical (unpaired) electrons. The maximum atomic E-state index is 6.14. The highest BCUT2D eigenvalue weighted by atomic mass is 35.5. The second-order valence-corrected chi connectivity index (χ2v) is 6.46. The zero-order valence-corrected chi connectivity index (χ0v) is 13.3. The van der Waals surface area contributed by atoms with Gasteiger partial charge in [-0.15, -0.1) is 0 Å². The number of fused-ring (bicyclic) bond motifs is 1. The number of nitrogens with one attached hydrogen (secondary N) is 1. The number of thioether (sulfide) groups is 1. The van der Waals surface area contributed by atoms with E-state index in [0.29, 0.717) is 0 Å². The smallest absolute Gasteiger partial charge is 0.133 e. The van der Waals surface area contributed by atoms with E-state index >= 15 is 0 Å². The fourth-order valence-electron chi connectivity index (χ4n) is 2.63. The van der Waals surface area contributed by atoms with Crippen LogP contribution < -0.4 is 5.32 Å². The molecule has 0 aliphatic carbocycles. The molecule has 0 atom stereocenters. The predicted molar refractivity (Wildman–Crippen MR) is 87.6 cm³/mol. The molecule has 0 fully saturated rings. The quantitative estimate of drug-likeness (QED) is 0.934. The Morgan fingerprint density at radius 1 is 1.45 bits per heavy atom. The van der Waals surface area contributed by atoms with Crippen LogP contribution in [-0.2, 0) is 12.8 Å². The van der Waals surface area contributed by atoms with E-state index in [1.54, 1.807) is 0 Å². The van der Waals surface area contributed by atoms with Gasteiger partial charge < -0.3 is 5.32 Å². The molecule has 0 unspecified atom stereocenters. The van der Waals surface area contributed by atoms with Crippen molar-refractivity contribution in [3.8, 4) is 5.69 Å². The van der Waals surface area contributed by atoms with Crippen LogP contribution in [0.25, 0.3) is 5.69 Å². The third kappa shape index (κ3) is 2.42. The molecule has 0 saturated heterocycles. The van der Waals surface area contributed by atoms with Crippen molar-refractivity contribution >= 4 is 29.2 Å². The van der Waals surface area contributed by atoms with Crippen molar-refractivity contribution in [2.24, 2.45) is 0 Å². The molecule has 0 amide bonds. The first-order valence-electron chi connectivity index (χ1n) is 6.81. The first kappa shape index (κ1) is 13.8. The van der Waals surface area contributed by atoms with Crippen molar-refractivity contribution in [1.29, 1.82) is 0 Å². The van der Waals surface area contributed by atoms with Gasteiger partial charge in [0.2, 0.25) is 0 Å². The lowest BCUT2D eigenvalue weighted by atomic mass is 10.1. The molecule has 1 aliphatic rings. The molecule has 3 nitrogen and oxygen atoms in total. The molecule has 106 valence electrons. The van der Waals surface area contributed by atoms with Gasteiger partial charge in [-0.3, -0.25) is 0 Å². The van der Waals surface area contributed by atoms with Gasteiger partial charge in [0.1, 0.15) is 5.82 Å². The van der Waals surface area contributed by atoms with Crippen LogP contribution in [0.5, 0.6) is 0 Å². The zero-order valence-electron chi connectivity index (χ0n) is 11.7. The first-order chi connectivity index (χ1) is 9.70. The van der Waals surface area contributed by atoms with Crippen LogP contribution in [0.2, 0.25) is 5.02 Å². The molecule has 2 aromatic rings. The normalized spacial score (nSPS) is 13.3. The molecule has 3 rings (SSSR count). The summed E-state index contributed by atoms with van der Waals surface area (Å²) in [4.78, 5) is 0. The van der Waals surface area contributed by atoms with Crippen molar-refractivity contribution < 1.29 is 0 Å². The van der Waals surface area contributed by atoms with E-state index < -0.39 is 0 Å². The van der Waals surface area contributed by atoms with Crippen LogP contribution in [0.3, 0.4) is 0 Å². The van der Waals surface area contributed by atoms with Crippen LogP contribution in [-0.4, -0.2) is 28.3 Å². The second-order valence-electron chi connectivity index (χ2n) is 5.04. The Bertz CT molecular complexity index is 636. The van der Waals surface area contributed by atoms with Crippen molar-refractivity contribution in [1.82, 2.24) is 9.78 Å². The van der Waals surface area contributed by atoms with Crippen LogP contribution in [0, 0.1) is 6.92 Å². The zero-order chi connectivity index (χ0) is 14.1. The van der Waals surface area contributed by atoms with Crippen LogP contribution >= 0.6 is 23.4 Å². The number of rotatable bonds is 4. The number of anilines is 1. The Morgan fingerprint density at radius 2 is 2.30 bits per heavy atom. The molecule has 1 N–H and O–H groups in total. The summed E-state index contributed by atoms with van der Waals surface area (Å²) in [6.45, 7) is 3.09. The van der Waals surface area contributed by atoms with Gasteiger partial charge in [-0.25, -0.2) is 4.68 Å². The van der Waals surface area contributed by atoms with E-state index in [1.165, 1.54) is 16.8 Å². The lowest BCUT2D eigenvalue weighted by Gasteiger charge is -2.10. The minimum atomic E-state index is 0.749. The van der Waals surface area contributed by atoms with Crippen molar-refractivity contribution in [3.63, 3.8) is 0 Å². The van der Waals surface area contributed by atoms with Gasteiger partial charge in [-0.05, 0) is 43.0 Å². The Kier molecular flexibility index (Phi) is 3.94. The predicted octanol–water partition coefficient (Wildman–Crippen LogP) is 3.71. The van der Waals surface area contributed by atoms with Gasteiger partial charge in [0, 0.05) is 23.6 Å². The maximum absolute atomic E-state index is 6.14. The highest BCUT2D eigenvalue weighted by molar-refractivity contribution is 7.98. The summed E-state index contributed by atoms with van der Waals surface area (Å²) < 4.78 is 2.03. The minimum Gasteiger partial charge on any atom is -0.369 e. The average molecular weight is 308 g/mol. The number of benzene rings is 1. The summed E-state index contributed by atoms with van der Waals surface area (Å²) in [5, 5.41) is 9.03. The summed E-state index contributed by atoms with van der Waals surface area (Å²) in [5.41, 5.74) is 4.85. The third-order valence-electron chi connectivity index (χ3n) is 3.68. The number of aromatic nitrogens is 2. The summed E-state index contributed by atoms with van der Waals surface area (Å²) in [6.07, 6.45) is 4.23. The summed E-state index contributed by atoms with van der Waals surface area (Å²) in [6, 6.07) is 5.96. The molecule has 1 aromatic heterocycles. The number of hydrogen-bond acceptors (Lipinski definition) is 3. The Hall–Kier alpha value is -1.13. The Morgan fingerprint density at radius 3 is 3.10 bits per heavy atom. The van der Waals surface area contributed by atoms with E-state index in [9.17, 15) is 0 Å². The molecule has 1 aromatic carbocycles. The monoisotopic (exact) mass is 307 g/mol.